The predicted octanol–water partition coefficient (Wildman–Crippen LogP) is 1.96. The van der Waals surface area contributed by atoms with Crippen LogP contribution in [-0.2, 0) is 0 Å². The second-order valence-electron chi connectivity index (χ2n) is 4.45. The van der Waals surface area contributed by atoms with Crippen LogP contribution in [0.5, 0.6) is 11.5 Å². The molecule has 3 N–H and O–H groups in total. The minimum Gasteiger partial charge on any atom is -0.493 e. The maximum atomic E-state index is 5.72. The third kappa shape index (κ3) is 2.74. The molecule has 0 saturated carbocycles. The topological polar surface area (TPSA) is 69.4 Å². The van der Waals surface area contributed by atoms with Crippen LogP contribution >= 0.6 is 0 Å². The Morgan fingerprint density at radius 3 is 2.50 bits per heavy atom. The van der Waals surface area contributed by atoms with Gasteiger partial charge in [0.1, 0.15) is 0 Å². The van der Waals surface area contributed by atoms with Crippen LogP contribution in [0, 0.1) is 6.92 Å². The van der Waals surface area contributed by atoms with Crippen LogP contribution in [0.25, 0.3) is 0 Å². The molecule has 106 valence electrons. The van der Waals surface area contributed by atoms with Gasteiger partial charge in [-0.05, 0) is 41.8 Å². The van der Waals surface area contributed by atoms with Crippen LogP contribution < -0.4 is 20.7 Å². The van der Waals surface area contributed by atoms with E-state index in [0.717, 1.165) is 16.7 Å². The Bertz CT molecular complexity index is 587. The van der Waals surface area contributed by atoms with E-state index in [4.69, 9.17) is 15.3 Å². The highest BCUT2D eigenvalue weighted by Crippen LogP contribution is 2.32. The largest absolute Gasteiger partial charge is 0.493 e. The van der Waals surface area contributed by atoms with Crippen LogP contribution in [0.3, 0.4) is 0 Å². The van der Waals surface area contributed by atoms with Crippen molar-refractivity contribution in [2.45, 2.75) is 13.0 Å². The third-order valence-electron chi connectivity index (χ3n) is 3.30. The second-order valence-corrected chi connectivity index (χ2v) is 4.45. The van der Waals surface area contributed by atoms with Gasteiger partial charge in [-0.15, -0.1) is 0 Å². The van der Waals surface area contributed by atoms with E-state index in [1.54, 1.807) is 20.4 Å². The molecule has 20 heavy (non-hydrogen) atoms. The summed E-state index contributed by atoms with van der Waals surface area (Å²) in [5.74, 6) is 7.08. The number of methoxy groups -OCH3 is 2. The van der Waals surface area contributed by atoms with E-state index in [9.17, 15) is 0 Å². The zero-order valence-corrected chi connectivity index (χ0v) is 11.9. The van der Waals surface area contributed by atoms with Crippen molar-refractivity contribution in [2.24, 2.45) is 5.84 Å². The molecule has 1 aromatic heterocycles. The van der Waals surface area contributed by atoms with Gasteiger partial charge in [0.15, 0.2) is 11.5 Å². The van der Waals surface area contributed by atoms with Crippen LogP contribution in [0.1, 0.15) is 22.7 Å². The molecule has 1 atom stereocenters. The molecule has 5 nitrogen and oxygen atoms in total. The Morgan fingerprint density at radius 2 is 1.90 bits per heavy atom. The molecule has 0 aliphatic carbocycles. The average Bonchev–Trinajstić information content (AvgIpc) is 2.49. The molecule has 0 fully saturated rings. The summed E-state index contributed by atoms with van der Waals surface area (Å²) < 4.78 is 10.6. The Morgan fingerprint density at radius 1 is 1.15 bits per heavy atom. The van der Waals surface area contributed by atoms with E-state index in [2.05, 4.69) is 10.4 Å². The Balaban J connectivity index is 2.45. The number of aryl methyl sites for hydroxylation is 1. The van der Waals surface area contributed by atoms with Crippen molar-refractivity contribution in [1.29, 1.82) is 0 Å². The quantitative estimate of drug-likeness (QED) is 0.644. The van der Waals surface area contributed by atoms with Crippen LogP contribution in [-0.4, -0.2) is 19.2 Å². The first-order valence-electron chi connectivity index (χ1n) is 6.29. The molecule has 1 aromatic carbocycles. The monoisotopic (exact) mass is 273 g/mol. The molecular formula is C15H19N3O2. The predicted molar refractivity (Wildman–Crippen MR) is 77.7 cm³/mol. The Hall–Kier alpha value is -2.11. The molecule has 0 aliphatic rings. The molecule has 1 heterocycles. The Kier molecular flexibility index (Phi) is 4.55. The van der Waals surface area contributed by atoms with Crippen molar-refractivity contribution >= 4 is 0 Å². The van der Waals surface area contributed by atoms with E-state index in [1.165, 1.54) is 0 Å². The molecule has 0 spiro atoms. The highest BCUT2D eigenvalue weighted by molar-refractivity contribution is 5.46. The number of nitrogens with one attached hydrogen (secondary N) is 1. The van der Waals surface area contributed by atoms with Crippen molar-refractivity contribution in [1.82, 2.24) is 10.4 Å². The van der Waals surface area contributed by atoms with Gasteiger partial charge >= 0.3 is 0 Å². The fraction of sp³-hybridized carbons (Fsp3) is 0.267. The van der Waals surface area contributed by atoms with Crippen molar-refractivity contribution < 1.29 is 9.47 Å². The van der Waals surface area contributed by atoms with E-state index in [0.29, 0.717) is 11.5 Å². The smallest absolute Gasteiger partial charge is 0.161 e. The lowest BCUT2D eigenvalue weighted by Crippen LogP contribution is -2.29. The van der Waals surface area contributed by atoms with Gasteiger partial charge in [0, 0.05) is 12.4 Å². The molecule has 0 amide bonds. The van der Waals surface area contributed by atoms with Gasteiger partial charge in [-0.3, -0.25) is 10.8 Å². The standard InChI is InChI=1S/C15H19N3O2/c1-10-6-7-17-9-12(10)15(18-16)11-4-5-13(19-2)14(8-11)20-3/h4-9,15,18H,16H2,1-3H3. The molecular weight excluding hydrogens is 254 g/mol. The zero-order valence-electron chi connectivity index (χ0n) is 11.9. The van der Waals surface area contributed by atoms with Crippen molar-refractivity contribution in [2.75, 3.05) is 14.2 Å². The maximum absolute atomic E-state index is 5.72. The number of nitrogens with two attached hydrogens (primary N) is 1. The number of benzene rings is 1. The lowest BCUT2D eigenvalue weighted by atomic mass is 9.97. The summed E-state index contributed by atoms with van der Waals surface area (Å²) >= 11 is 0. The Labute approximate surface area is 118 Å². The van der Waals surface area contributed by atoms with Gasteiger partial charge in [0.25, 0.3) is 0 Å². The van der Waals surface area contributed by atoms with Gasteiger partial charge in [-0.2, -0.15) is 0 Å². The number of hydrogen-bond donors (Lipinski definition) is 2. The number of ether oxygens (including phenoxy) is 2. The molecule has 1 unspecified atom stereocenters. The van der Waals surface area contributed by atoms with Crippen molar-refractivity contribution in [3.63, 3.8) is 0 Å². The van der Waals surface area contributed by atoms with Gasteiger partial charge in [0.2, 0.25) is 0 Å². The first kappa shape index (κ1) is 14.3. The second kappa shape index (κ2) is 6.36. The van der Waals surface area contributed by atoms with Crippen LogP contribution in [0.2, 0.25) is 0 Å². The number of pyridine rings is 1. The van der Waals surface area contributed by atoms with Gasteiger partial charge in [-0.25, -0.2) is 5.43 Å². The van der Waals surface area contributed by atoms with Crippen molar-refractivity contribution in [3.8, 4) is 11.5 Å². The molecule has 0 aliphatic heterocycles. The minimum atomic E-state index is -0.150. The van der Waals surface area contributed by atoms with Gasteiger partial charge in [-0.1, -0.05) is 6.07 Å². The van der Waals surface area contributed by atoms with Crippen LogP contribution in [0.4, 0.5) is 0 Å². The summed E-state index contributed by atoms with van der Waals surface area (Å²) in [5.41, 5.74) is 5.97. The lowest BCUT2D eigenvalue weighted by Gasteiger charge is -2.20. The molecule has 0 saturated heterocycles. The molecule has 2 aromatic rings. The summed E-state index contributed by atoms with van der Waals surface area (Å²) in [6.07, 6.45) is 3.58. The third-order valence-corrected chi connectivity index (χ3v) is 3.30. The fourth-order valence-electron chi connectivity index (χ4n) is 2.18. The summed E-state index contributed by atoms with van der Waals surface area (Å²) in [6.45, 7) is 2.03. The molecule has 0 radical (unpaired) electrons. The number of aromatic nitrogens is 1. The zero-order chi connectivity index (χ0) is 14.5. The summed E-state index contributed by atoms with van der Waals surface area (Å²) in [6, 6.07) is 7.54. The van der Waals surface area contributed by atoms with Gasteiger partial charge < -0.3 is 9.47 Å². The number of nitrogens with zero attached hydrogens (tertiary/aromatic N) is 1. The van der Waals surface area contributed by atoms with Gasteiger partial charge in [0.05, 0.1) is 20.3 Å². The average molecular weight is 273 g/mol. The summed E-state index contributed by atoms with van der Waals surface area (Å²) in [4.78, 5) is 4.16. The van der Waals surface area contributed by atoms with Crippen LogP contribution in [0.15, 0.2) is 36.7 Å². The van der Waals surface area contributed by atoms with E-state index in [-0.39, 0.29) is 6.04 Å². The lowest BCUT2D eigenvalue weighted by molar-refractivity contribution is 0.354. The summed E-state index contributed by atoms with van der Waals surface area (Å²) in [5, 5.41) is 0. The first-order chi connectivity index (χ1) is 9.71. The van der Waals surface area contributed by atoms with E-state index >= 15 is 0 Å². The molecule has 5 heteroatoms. The number of hydrazine groups is 1. The van der Waals surface area contributed by atoms with Crippen molar-refractivity contribution in [3.05, 3.63) is 53.3 Å². The minimum absolute atomic E-state index is 0.150. The summed E-state index contributed by atoms with van der Waals surface area (Å²) in [7, 11) is 3.23. The van der Waals surface area contributed by atoms with E-state index in [1.807, 2.05) is 37.4 Å². The molecule has 0 bridgehead atoms. The highest BCUT2D eigenvalue weighted by atomic mass is 16.5. The number of hydrogen-bond acceptors (Lipinski definition) is 5. The normalized spacial score (nSPS) is 12.0. The fourth-order valence-corrected chi connectivity index (χ4v) is 2.18. The number of rotatable bonds is 5. The highest BCUT2D eigenvalue weighted by Gasteiger charge is 2.17. The molecule has 2 rings (SSSR count). The maximum Gasteiger partial charge on any atom is 0.161 e. The SMILES string of the molecule is COc1ccc(C(NN)c2cnccc2C)cc1OC. The van der Waals surface area contributed by atoms with E-state index < -0.39 is 0 Å². The first-order valence-corrected chi connectivity index (χ1v) is 6.29.